The Morgan fingerprint density at radius 3 is 0.821 bits per heavy atom. The summed E-state index contributed by atoms with van der Waals surface area (Å²) in [6.07, 6.45) is 10.4. The zero-order valence-electron chi connectivity index (χ0n) is 70.5. The van der Waals surface area contributed by atoms with Crippen molar-refractivity contribution in [1.82, 2.24) is 79.6 Å². The van der Waals surface area contributed by atoms with Gasteiger partial charge in [0.25, 0.3) is 0 Å². The van der Waals surface area contributed by atoms with Crippen molar-refractivity contribution in [1.29, 1.82) is 0 Å². The van der Waals surface area contributed by atoms with Crippen molar-refractivity contribution >= 4 is 126 Å². The van der Waals surface area contributed by atoms with E-state index in [1.54, 1.807) is 31.4 Å². The number of nitrogens with one attached hydrogen (secondary N) is 3. The van der Waals surface area contributed by atoms with Crippen LogP contribution in [0.25, 0.3) is 0 Å². The normalized spacial score (nSPS) is 17.0. The van der Waals surface area contributed by atoms with Crippen LogP contribution in [0.4, 0.5) is 0 Å². The number of amides is 6. The van der Waals surface area contributed by atoms with Crippen LogP contribution < -0.4 is 16.0 Å². The minimum absolute atomic E-state index is 0. The second-order valence-corrected chi connectivity index (χ2v) is 28.0. The van der Waals surface area contributed by atoms with Crippen LogP contribution in [0, 0.1) is 5.92 Å². The monoisotopic (exact) mass is 2130 g/mol. The third-order valence-corrected chi connectivity index (χ3v) is 19.3. The molecule has 24 nitrogen and oxygen atoms in total. The van der Waals surface area contributed by atoms with Gasteiger partial charge in [-0.15, -0.1) is 0 Å². The Bertz CT molecular complexity index is 2980. The molecule has 10 aliphatic rings. The van der Waals surface area contributed by atoms with E-state index in [2.05, 4.69) is 247 Å². The number of likely N-dealkylation sites (tertiary alicyclic amines) is 3. The van der Waals surface area contributed by atoms with Gasteiger partial charge in [-0.1, -0.05) is 173 Å². The van der Waals surface area contributed by atoms with E-state index in [9.17, 15) is 33.6 Å². The molecule has 0 saturated carbocycles. The number of carbonyl (C=O) groups excluding carboxylic acids is 8. The van der Waals surface area contributed by atoms with E-state index < -0.39 is 6.39 Å². The fourth-order valence-corrected chi connectivity index (χ4v) is 13.1. The first kappa shape index (κ1) is 146. The molecular weight excluding hydrogens is 1990 g/mol. The number of hydrogen-bond acceptors (Lipinski definition) is 18. The number of ketones is 1. The van der Waals surface area contributed by atoms with Crippen molar-refractivity contribution < 1.29 is 235 Å². The Balaban J connectivity index is -0.000000130. The number of piperazine rings is 6. The molecule has 4 aromatic carbocycles. The topological polar surface area (TPSA) is 215 Å². The molecule has 14 rings (SSSR count). The van der Waals surface area contributed by atoms with Crippen LogP contribution in [0.1, 0.15) is 114 Å². The number of Topliss-reactive ketones (excluding diaryl/α,β-unsaturated/α-hetero) is 1. The van der Waals surface area contributed by atoms with Crippen LogP contribution in [0.2, 0.25) is 0 Å². The molecule has 10 saturated heterocycles. The standard InChI is InChI=1S/C21H24N3O.C17H19N.C10H16N3O2.C8H14N3O.C6H11N2O.C5H9N2O.C5H12N2.C3H6O.C2H3O.6CH4.B4.B3.B2.B.6Y/c25-17-22-11-13-23(14-12-22)20-15-24(16-20)21(18-7-3-1-4-8-18)19-9-5-2-6-10-19;1-14-12-18(13-14)17(15-8-4-2-5-9-15)16-10-6-3-7-11-16;1-9(15)13-6-10(7-13)12-4-2-11(8-14)3-5-12;12-7-10-1-3-11(4-2-10)8-5-9-6-8;1-7-2-4-8(6-9)5-3-7;8-5-7-3-1-6-2-4-7;1-7-4-2-6-3-5-7;1-3(2)4;1-2-3;;;;;;;1-4(2)3;1-3-2;1-2;;;;;;;/h1-10,20-21H,11-16H2;2-11,14,17H,12-13H2,1H3;10H,2-7H2,1H3;8-9H,1-6H2;2-5H2,1H3;6H,1-4H2;6H,2-5H2,1H3;1-2H3;1H3;6*1H4;;;;;;;;;;/q-1;;4*-1;;;-1;;;;;;;;;;;;;;;;. The summed E-state index contributed by atoms with van der Waals surface area (Å²) in [5.74, 6) is 1.16. The summed E-state index contributed by atoms with van der Waals surface area (Å²) in [6, 6.07) is 45.8. The van der Waals surface area contributed by atoms with Crippen molar-refractivity contribution in [2.24, 2.45) is 5.92 Å². The summed E-state index contributed by atoms with van der Waals surface area (Å²) < 4.78 is 0. The summed E-state index contributed by atoms with van der Waals surface area (Å²) >= 11 is 0. The van der Waals surface area contributed by atoms with Crippen molar-refractivity contribution in [2.75, 3.05) is 224 Å². The number of likely N-dealkylation sites (N-methyl/N-ethyl adjacent to an activating group) is 2. The quantitative estimate of drug-likeness (QED) is 0.122. The van der Waals surface area contributed by atoms with Crippen molar-refractivity contribution in [2.45, 2.75) is 109 Å². The molecular formula is C83H138B10N16O8Y6-6. The van der Waals surface area contributed by atoms with E-state index in [1.807, 2.05) is 37.0 Å². The molecule has 40 heteroatoms. The summed E-state index contributed by atoms with van der Waals surface area (Å²) in [6.45, 7) is 39.2. The van der Waals surface area contributed by atoms with Crippen molar-refractivity contribution in [3.8, 4) is 0 Å². The van der Waals surface area contributed by atoms with Crippen LogP contribution in [0.5, 0.6) is 0 Å². The van der Waals surface area contributed by atoms with Crippen LogP contribution in [0.15, 0.2) is 121 Å². The van der Waals surface area contributed by atoms with Crippen LogP contribution in [-0.4, -0.2) is 431 Å². The zero-order chi connectivity index (χ0) is 80.9. The molecule has 3 N–H and O–H groups in total. The van der Waals surface area contributed by atoms with Crippen LogP contribution in [0.3, 0.4) is 0 Å². The van der Waals surface area contributed by atoms with Gasteiger partial charge in [0.2, 0.25) is 5.91 Å². The SMILES string of the molecule is C.C.C.C.C.C.CC(=O)N1CC(N2CCN([C-]=O)CC2)C1.CC(C)=O.CC1CN(C(c2ccccc2)c2ccccc2)C1.CN1CCN([C-]=O)CC1.CN1CCNCC1.C[C-]=O.O=[C-]N1CCN(C2CN(C(c3ccccc3)c3ccccc3)C2)CC1.O=[C-]N1CCN(C2CNC2)CC1.O=[C-]N1CCNCC1.[B].[B]B([B])[B].[B][B].[B][B][B].[Y].[Y].[Y].[Y].[Y].[Y]. The molecule has 4 aromatic rings. The fraction of sp³-hybridized carbons (Fsp3) is 0.614. The number of nitrogens with zero attached hydrogens (tertiary/aromatic N) is 13. The second kappa shape index (κ2) is 91.0. The smallest absolute Gasteiger partial charge is 0.219 e. The Morgan fingerprint density at radius 2 is 0.610 bits per heavy atom. The maximum atomic E-state index is 11.0. The van der Waals surface area contributed by atoms with Crippen LogP contribution in [-0.2, 0) is 235 Å². The van der Waals surface area contributed by atoms with E-state index in [0.29, 0.717) is 24.2 Å². The van der Waals surface area contributed by atoms with E-state index in [0.717, 1.165) is 202 Å². The minimum atomic E-state index is -0.667. The Kier molecular flexibility index (Phi) is 108. The Hall–Kier alpha value is -0.0873. The Morgan fingerprint density at radius 1 is 0.390 bits per heavy atom. The van der Waals surface area contributed by atoms with Gasteiger partial charge < -0.3 is 88.7 Å². The largest absolute Gasteiger partial charge is 0.542 e. The molecule has 652 valence electrons. The summed E-state index contributed by atoms with van der Waals surface area (Å²) in [5, 5.41) is 9.65. The number of rotatable bonds is 14. The first-order chi connectivity index (χ1) is 53.2. The van der Waals surface area contributed by atoms with E-state index >= 15 is 0 Å². The second-order valence-electron chi connectivity index (χ2n) is 28.0. The summed E-state index contributed by atoms with van der Waals surface area (Å²) in [5.41, 5.74) is 5.51. The van der Waals surface area contributed by atoms with Gasteiger partial charge in [-0.25, -0.2) is 0 Å². The van der Waals surface area contributed by atoms with E-state index in [-0.39, 0.29) is 261 Å². The first-order valence-electron chi connectivity index (χ1n) is 38.1. The van der Waals surface area contributed by atoms with Gasteiger partial charge in [-0.05, 0) is 56.1 Å². The average molecular weight is 2130 g/mol. The first-order valence-corrected chi connectivity index (χ1v) is 38.1. The molecule has 10 fully saturated rings. The molecule has 123 heavy (non-hydrogen) atoms. The molecule has 24 radical (unpaired) electrons. The maximum Gasteiger partial charge on any atom is 0.219 e. The average Bonchev–Trinajstić information content (AvgIpc) is 0.786. The van der Waals surface area contributed by atoms with E-state index in [4.69, 9.17) is 4.79 Å². The van der Waals surface area contributed by atoms with Gasteiger partial charge >= 0.3 is 0 Å². The number of benzene rings is 4. The molecule has 0 aromatic heterocycles. The van der Waals surface area contributed by atoms with Crippen molar-refractivity contribution in [3.05, 3.63) is 144 Å². The molecule has 0 atom stereocenters. The van der Waals surface area contributed by atoms with Gasteiger partial charge in [-0.3, -0.25) is 35.6 Å². The molecule has 0 aliphatic carbocycles. The van der Waals surface area contributed by atoms with Gasteiger partial charge in [-0.2, -0.15) is 39.0 Å². The number of carbonyl (C=O) groups is 2. The molecule has 0 spiro atoms. The van der Waals surface area contributed by atoms with Crippen molar-refractivity contribution in [3.63, 3.8) is 0 Å². The summed E-state index contributed by atoms with van der Waals surface area (Å²) in [7, 11) is 36.2. The van der Waals surface area contributed by atoms with E-state index in [1.165, 1.54) is 75.5 Å². The fourth-order valence-electron chi connectivity index (χ4n) is 13.1. The zero-order valence-corrected chi connectivity index (χ0v) is 87.5. The van der Waals surface area contributed by atoms with Gasteiger partial charge in [0, 0.05) is 507 Å². The predicted molar refractivity (Wildman–Crippen MR) is 496 cm³/mol. The van der Waals surface area contributed by atoms with Gasteiger partial charge in [0.05, 0.1) is 12.1 Å². The summed E-state index contributed by atoms with van der Waals surface area (Å²) in [4.78, 5) is 108. The number of hydrogen-bond donors (Lipinski definition) is 3. The molecule has 6 amide bonds. The molecule has 10 aliphatic heterocycles. The molecule has 0 unspecified atom stereocenters. The molecule has 0 bridgehead atoms. The Labute approximate surface area is 910 Å². The third-order valence-electron chi connectivity index (χ3n) is 19.3. The third kappa shape index (κ3) is 62.2. The van der Waals surface area contributed by atoms with Crippen LogP contribution >= 0.6 is 0 Å². The van der Waals surface area contributed by atoms with Gasteiger partial charge in [0.15, 0.2) is 0 Å². The minimum Gasteiger partial charge on any atom is -0.542 e. The van der Waals surface area contributed by atoms with Gasteiger partial charge in [0.1, 0.15) is 5.78 Å². The maximum absolute atomic E-state index is 11.0. The predicted octanol–water partition coefficient (Wildman–Crippen LogP) is 1.90. The molecule has 10 heterocycles.